The van der Waals surface area contributed by atoms with Crippen molar-refractivity contribution in [1.29, 1.82) is 0 Å². The van der Waals surface area contributed by atoms with Crippen LogP contribution in [0.2, 0.25) is 0 Å². The normalized spacial score (nSPS) is 11.5. The highest BCUT2D eigenvalue weighted by atomic mass is 32.1. The Morgan fingerprint density at radius 1 is 1.24 bits per heavy atom. The van der Waals surface area contributed by atoms with E-state index in [0.717, 1.165) is 16.8 Å². The molecule has 90 valence electrons. The van der Waals surface area contributed by atoms with Crippen molar-refractivity contribution in [3.63, 3.8) is 0 Å². The lowest BCUT2D eigenvalue weighted by atomic mass is 9.96. The monoisotopic (exact) mass is 248 g/mol. The van der Waals surface area contributed by atoms with Crippen molar-refractivity contribution in [1.82, 2.24) is 15.0 Å². The second kappa shape index (κ2) is 4.41. The first-order chi connectivity index (χ1) is 7.95. The van der Waals surface area contributed by atoms with Crippen LogP contribution in [0.3, 0.4) is 0 Å². The maximum atomic E-state index is 4.35. The summed E-state index contributed by atoms with van der Waals surface area (Å²) in [5.41, 5.74) is 0.138. The predicted octanol–water partition coefficient (Wildman–Crippen LogP) is 3.28. The van der Waals surface area contributed by atoms with Gasteiger partial charge in [0.2, 0.25) is 0 Å². The molecule has 0 bridgehead atoms. The van der Waals surface area contributed by atoms with Crippen LogP contribution < -0.4 is 5.32 Å². The van der Waals surface area contributed by atoms with Gasteiger partial charge >= 0.3 is 0 Å². The van der Waals surface area contributed by atoms with E-state index in [0.29, 0.717) is 0 Å². The zero-order chi connectivity index (χ0) is 12.5. The van der Waals surface area contributed by atoms with E-state index >= 15 is 0 Å². The predicted molar refractivity (Wildman–Crippen MR) is 70.9 cm³/mol. The zero-order valence-corrected chi connectivity index (χ0v) is 11.3. The molecule has 2 heterocycles. The number of aromatic nitrogens is 3. The number of thiazole rings is 1. The fourth-order valence-electron chi connectivity index (χ4n) is 1.31. The number of rotatable bonds is 2. The molecule has 0 atom stereocenters. The molecule has 2 aromatic rings. The van der Waals surface area contributed by atoms with Gasteiger partial charge in [-0.3, -0.25) is 0 Å². The Labute approximate surface area is 105 Å². The Morgan fingerprint density at radius 2 is 2.00 bits per heavy atom. The van der Waals surface area contributed by atoms with Gasteiger partial charge in [0.25, 0.3) is 0 Å². The van der Waals surface area contributed by atoms with E-state index in [2.05, 4.69) is 41.0 Å². The van der Waals surface area contributed by atoms with Crippen LogP contribution in [0.25, 0.3) is 0 Å². The number of nitrogens with one attached hydrogen (secondary N) is 1. The minimum absolute atomic E-state index is 0.138. The van der Waals surface area contributed by atoms with Crippen LogP contribution in [0.5, 0.6) is 0 Å². The summed E-state index contributed by atoms with van der Waals surface area (Å²) in [7, 11) is 0. The van der Waals surface area contributed by atoms with Gasteiger partial charge in [-0.2, -0.15) is 0 Å². The first-order valence-corrected chi connectivity index (χ1v) is 6.30. The second-order valence-corrected chi connectivity index (χ2v) is 5.92. The van der Waals surface area contributed by atoms with Crippen LogP contribution in [0.15, 0.2) is 18.5 Å². The summed E-state index contributed by atoms with van der Waals surface area (Å²) in [5, 5.41) is 4.06. The van der Waals surface area contributed by atoms with E-state index in [1.807, 2.05) is 19.2 Å². The molecule has 0 aliphatic heterocycles. The first-order valence-electron chi connectivity index (χ1n) is 5.48. The van der Waals surface area contributed by atoms with Gasteiger partial charge in [0, 0.05) is 17.3 Å². The van der Waals surface area contributed by atoms with Crippen LogP contribution in [0, 0.1) is 6.92 Å². The molecule has 0 fully saturated rings. The molecule has 5 heteroatoms. The minimum Gasteiger partial charge on any atom is -0.316 e. The topological polar surface area (TPSA) is 50.7 Å². The van der Waals surface area contributed by atoms with Crippen LogP contribution in [0.4, 0.5) is 10.9 Å². The quantitative estimate of drug-likeness (QED) is 0.886. The molecule has 0 radical (unpaired) electrons. The fourth-order valence-corrected chi connectivity index (χ4v) is 2.19. The first kappa shape index (κ1) is 12.0. The van der Waals surface area contributed by atoms with Crippen molar-refractivity contribution in [3.8, 4) is 0 Å². The molecule has 4 nitrogen and oxygen atoms in total. The van der Waals surface area contributed by atoms with Crippen molar-refractivity contribution >= 4 is 22.3 Å². The lowest BCUT2D eigenvalue weighted by Crippen LogP contribution is -2.07. The van der Waals surface area contributed by atoms with Gasteiger partial charge in [-0.05, 0) is 18.4 Å². The fraction of sp³-hybridized carbons (Fsp3) is 0.417. The van der Waals surface area contributed by atoms with Gasteiger partial charge in [-0.15, -0.1) is 11.3 Å². The van der Waals surface area contributed by atoms with Crippen molar-refractivity contribution in [2.75, 3.05) is 5.32 Å². The SMILES string of the molecule is Cc1nccc(Nc2ncc(C(C)(C)C)s2)n1. The average Bonchev–Trinajstić information content (AvgIpc) is 2.65. The third kappa shape index (κ3) is 3.00. The minimum atomic E-state index is 0.138. The Morgan fingerprint density at radius 3 is 2.59 bits per heavy atom. The summed E-state index contributed by atoms with van der Waals surface area (Å²) in [6, 6.07) is 1.84. The Bertz CT molecular complexity index is 513. The molecule has 0 spiro atoms. The lowest BCUT2D eigenvalue weighted by molar-refractivity contribution is 0.602. The third-order valence-electron chi connectivity index (χ3n) is 2.26. The Kier molecular flexibility index (Phi) is 3.11. The highest BCUT2D eigenvalue weighted by molar-refractivity contribution is 7.15. The van der Waals surface area contributed by atoms with Gasteiger partial charge in [0.1, 0.15) is 11.6 Å². The molecule has 17 heavy (non-hydrogen) atoms. The molecule has 1 N–H and O–H groups in total. The summed E-state index contributed by atoms with van der Waals surface area (Å²) >= 11 is 1.66. The Hall–Kier alpha value is -1.49. The van der Waals surface area contributed by atoms with Crippen LogP contribution in [0.1, 0.15) is 31.5 Å². The van der Waals surface area contributed by atoms with Gasteiger partial charge in [0.15, 0.2) is 5.13 Å². The standard InChI is InChI=1S/C12H16N4S/c1-8-13-6-5-10(15-8)16-11-14-7-9(17-11)12(2,3)4/h5-7H,1-4H3,(H,13,14,15,16). The van der Waals surface area contributed by atoms with E-state index in [-0.39, 0.29) is 5.41 Å². The van der Waals surface area contributed by atoms with Crippen molar-refractivity contribution < 1.29 is 0 Å². The number of hydrogen-bond acceptors (Lipinski definition) is 5. The number of aryl methyl sites for hydroxylation is 1. The van der Waals surface area contributed by atoms with Crippen LogP contribution in [-0.2, 0) is 5.41 Å². The molecule has 0 saturated carbocycles. The van der Waals surface area contributed by atoms with Crippen molar-refractivity contribution in [2.24, 2.45) is 0 Å². The second-order valence-electron chi connectivity index (χ2n) is 4.89. The summed E-state index contributed by atoms with van der Waals surface area (Å²) in [6.45, 7) is 8.41. The summed E-state index contributed by atoms with van der Waals surface area (Å²) < 4.78 is 0. The van der Waals surface area contributed by atoms with E-state index in [1.54, 1.807) is 17.5 Å². The highest BCUT2D eigenvalue weighted by Crippen LogP contribution is 2.31. The van der Waals surface area contributed by atoms with Crippen molar-refractivity contribution in [3.05, 3.63) is 29.2 Å². The van der Waals surface area contributed by atoms with Gasteiger partial charge < -0.3 is 5.32 Å². The molecule has 0 aliphatic carbocycles. The zero-order valence-electron chi connectivity index (χ0n) is 10.5. The highest BCUT2D eigenvalue weighted by Gasteiger charge is 2.17. The lowest BCUT2D eigenvalue weighted by Gasteiger charge is -2.14. The third-order valence-corrected chi connectivity index (χ3v) is 3.59. The maximum Gasteiger partial charge on any atom is 0.188 e. The molecule has 0 unspecified atom stereocenters. The molecule has 0 aliphatic rings. The van der Waals surface area contributed by atoms with E-state index in [1.165, 1.54) is 4.88 Å². The molecular formula is C12H16N4S. The maximum absolute atomic E-state index is 4.35. The van der Waals surface area contributed by atoms with E-state index in [4.69, 9.17) is 0 Å². The molecular weight excluding hydrogens is 232 g/mol. The molecule has 2 aromatic heterocycles. The Balaban J connectivity index is 2.17. The van der Waals surface area contributed by atoms with Gasteiger partial charge in [-0.1, -0.05) is 20.8 Å². The largest absolute Gasteiger partial charge is 0.316 e. The van der Waals surface area contributed by atoms with E-state index < -0.39 is 0 Å². The summed E-state index contributed by atoms with van der Waals surface area (Å²) in [5.74, 6) is 1.54. The van der Waals surface area contributed by atoms with E-state index in [9.17, 15) is 0 Å². The molecule has 0 amide bonds. The number of hydrogen-bond donors (Lipinski definition) is 1. The summed E-state index contributed by atoms with van der Waals surface area (Å²) in [4.78, 5) is 14.0. The smallest absolute Gasteiger partial charge is 0.188 e. The summed E-state index contributed by atoms with van der Waals surface area (Å²) in [6.07, 6.45) is 3.66. The number of nitrogens with zero attached hydrogens (tertiary/aromatic N) is 3. The number of anilines is 2. The van der Waals surface area contributed by atoms with Gasteiger partial charge in [-0.25, -0.2) is 15.0 Å². The van der Waals surface area contributed by atoms with Crippen molar-refractivity contribution in [2.45, 2.75) is 33.1 Å². The van der Waals surface area contributed by atoms with Gasteiger partial charge in [0.05, 0.1) is 0 Å². The molecule has 2 rings (SSSR count). The average molecular weight is 248 g/mol. The molecule has 0 aromatic carbocycles. The molecule has 0 saturated heterocycles. The van der Waals surface area contributed by atoms with Crippen LogP contribution >= 0.6 is 11.3 Å². The van der Waals surface area contributed by atoms with Crippen LogP contribution in [-0.4, -0.2) is 15.0 Å².